The van der Waals surface area contributed by atoms with Gasteiger partial charge >= 0.3 is 21.1 Å². The molecular weight excluding hydrogens is 580 g/mol. The molecule has 0 saturated heterocycles. The molecule has 1 amide bonds. The standard InChI is InChI=1S/C14H16N3O3.C9H8NO.W/c1-9-7-15-14(16-8-9)17-10-5-6-11(18-2)13(20-4)12(10)19-3;1-2-9(11)10-8-6-4-3-5-7-8;/h5-7H,1-4H3,(H,15,16,17);2-4,6-7H,1H2,(H,10,11);/q2*-1;+2. The Hall–Kier alpha value is -3.38. The zero-order chi connectivity index (χ0) is 22.6. The van der Waals surface area contributed by atoms with E-state index in [-0.39, 0.29) is 27.0 Å². The average Bonchev–Trinajstić information content (AvgIpc) is 2.81. The minimum Gasteiger partial charge on any atom is -0.493 e. The number of amides is 1. The van der Waals surface area contributed by atoms with Crippen molar-refractivity contribution in [1.29, 1.82) is 0 Å². The molecule has 1 aromatic heterocycles. The van der Waals surface area contributed by atoms with Crippen molar-refractivity contribution in [1.82, 2.24) is 9.97 Å². The van der Waals surface area contributed by atoms with Crippen molar-refractivity contribution in [3.8, 4) is 17.2 Å². The molecule has 0 spiro atoms. The van der Waals surface area contributed by atoms with Gasteiger partial charge in [-0.05, 0) is 18.2 Å². The summed E-state index contributed by atoms with van der Waals surface area (Å²) in [6, 6.07) is 13.5. The molecule has 3 aromatic rings. The van der Waals surface area contributed by atoms with Gasteiger partial charge in [0.1, 0.15) is 5.95 Å². The Morgan fingerprint density at radius 2 is 1.88 bits per heavy atom. The van der Waals surface area contributed by atoms with E-state index < -0.39 is 0 Å². The monoisotopic (exact) mass is 604 g/mol. The Morgan fingerprint density at radius 1 is 1.12 bits per heavy atom. The van der Waals surface area contributed by atoms with Crippen LogP contribution in [-0.2, 0) is 25.9 Å². The Labute approximate surface area is 202 Å². The van der Waals surface area contributed by atoms with E-state index in [1.54, 1.807) is 57.9 Å². The number of rotatable bonds is 7. The van der Waals surface area contributed by atoms with Crippen LogP contribution in [0, 0.1) is 19.2 Å². The van der Waals surface area contributed by atoms with Gasteiger partial charge in [-0.2, -0.15) is 24.3 Å². The van der Waals surface area contributed by atoms with E-state index in [1.807, 2.05) is 13.0 Å². The first kappa shape index (κ1) is 26.7. The molecule has 0 aliphatic heterocycles. The molecule has 0 saturated carbocycles. The first-order valence-electron chi connectivity index (χ1n) is 9.19. The molecule has 166 valence electrons. The summed E-state index contributed by atoms with van der Waals surface area (Å²) in [6.07, 6.45) is 5.75. The molecule has 32 heavy (non-hydrogen) atoms. The summed E-state index contributed by atoms with van der Waals surface area (Å²) < 4.78 is 15.9. The summed E-state index contributed by atoms with van der Waals surface area (Å²) in [4.78, 5) is 19.0. The van der Waals surface area contributed by atoms with Gasteiger partial charge in [-0.3, -0.25) is 4.79 Å². The smallest absolute Gasteiger partial charge is 0.493 e. The Kier molecular flexibility index (Phi) is 11.5. The summed E-state index contributed by atoms with van der Waals surface area (Å²) in [5.74, 6) is 1.85. The van der Waals surface area contributed by atoms with Crippen LogP contribution in [0.2, 0.25) is 0 Å². The predicted molar refractivity (Wildman–Crippen MR) is 119 cm³/mol. The molecule has 3 rings (SSSR count). The largest absolute Gasteiger partial charge is 2.00 e. The molecule has 0 atom stereocenters. The maximum absolute atomic E-state index is 10.7. The fourth-order valence-electron chi connectivity index (χ4n) is 2.40. The Morgan fingerprint density at radius 3 is 2.41 bits per heavy atom. The average molecular weight is 604 g/mol. The third-order valence-corrected chi connectivity index (χ3v) is 3.83. The van der Waals surface area contributed by atoms with Gasteiger partial charge in [-0.1, -0.05) is 31.6 Å². The molecule has 2 aromatic carbocycles. The fraction of sp³-hybridized carbons (Fsp3) is 0.174. The first-order chi connectivity index (χ1) is 15.0. The third-order valence-electron chi connectivity index (χ3n) is 3.83. The van der Waals surface area contributed by atoms with E-state index in [9.17, 15) is 4.79 Å². The molecular formula is C23H24N4O4W. The molecule has 0 radical (unpaired) electrons. The number of nitrogens with one attached hydrogen (secondary N) is 2. The van der Waals surface area contributed by atoms with Gasteiger partial charge < -0.3 is 34.8 Å². The summed E-state index contributed by atoms with van der Waals surface area (Å²) >= 11 is 0. The number of ether oxygens (including phenoxy) is 3. The van der Waals surface area contributed by atoms with Crippen molar-refractivity contribution >= 4 is 23.2 Å². The minimum atomic E-state index is -0.204. The number of carbonyl (C=O) groups excluding carboxylic acids is 1. The quantitative estimate of drug-likeness (QED) is 0.312. The van der Waals surface area contributed by atoms with E-state index in [4.69, 9.17) is 14.2 Å². The van der Waals surface area contributed by atoms with Crippen molar-refractivity contribution in [2.45, 2.75) is 6.92 Å². The number of methoxy groups -OCH3 is 3. The van der Waals surface area contributed by atoms with Gasteiger partial charge in [0.15, 0.2) is 11.5 Å². The van der Waals surface area contributed by atoms with Gasteiger partial charge in [-0.15, -0.1) is 11.6 Å². The molecule has 9 heteroatoms. The fourth-order valence-corrected chi connectivity index (χ4v) is 2.40. The van der Waals surface area contributed by atoms with Gasteiger partial charge in [0.2, 0.25) is 11.7 Å². The van der Waals surface area contributed by atoms with Crippen LogP contribution in [0.5, 0.6) is 17.2 Å². The van der Waals surface area contributed by atoms with Crippen LogP contribution in [-0.4, -0.2) is 37.2 Å². The van der Waals surface area contributed by atoms with Crippen molar-refractivity contribution in [3.05, 3.63) is 73.1 Å². The summed E-state index contributed by atoms with van der Waals surface area (Å²) in [7, 11) is 4.69. The maximum atomic E-state index is 10.7. The molecule has 0 aliphatic rings. The molecule has 2 N–H and O–H groups in total. The van der Waals surface area contributed by atoms with E-state index in [0.717, 1.165) is 11.3 Å². The maximum Gasteiger partial charge on any atom is 2.00 e. The number of nitrogens with zero attached hydrogens (tertiary/aromatic N) is 2. The van der Waals surface area contributed by atoms with Gasteiger partial charge in [0.05, 0.1) is 27.0 Å². The van der Waals surface area contributed by atoms with Crippen molar-refractivity contribution < 1.29 is 40.1 Å². The second-order valence-corrected chi connectivity index (χ2v) is 5.98. The van der Waals surface area contributed by atoms with Gasteiger partial charge in [0.25, 0.3) is 0 Å². The van der Waals surface area contributed by atoms with Crippen molar-refractivity contribution in [3.63, 3.8) is 0 Å². The molecule has 0 unspecified atom stereocenters. The molecule has 8 nitrogen and oxygen atoms in total. The number of hydrogen-bond acceptors (Lipinski definition) is 7. The van der Waals surface area contributed by atoms with E-state index in [1.165, 1.54) is 6.08 Å². The number of benzene rings is 2. The number of aromatic nitrogens is 2. The molecule has 0 bridgehead atoms. The summed E-state index contributed by atoms with van der Waals surface area (Å²) in [5, 5.41) is 5.67. The van der Waals surface area contributed by atoms with Crippen LogP contribution >= 0.6 is 0 Å². The molecule has 1 heterocycles. The van der Waals surface area contributed by atoms with E-state index >= 15 is 0 Å². The first-order valence-corrected chi connectivity index (χ1v) is 9.19. The van der Waals surface area contributed by atoms with Crippen molar-refractivity contribution in [2.75, 3.05) is 32.0 Å². The van der Waals surface area contributed by atoms with E-state index in [2.05, 4.69) is 39.4 Å². The summed E-state index contributed by atoms with van der Waals surface area (Å²) in [5.41, 5.74) is 2.29. The number of aryl methyl sites for hydroxylation is 1. The number of carbonyl (C=O) groups is 1. The molecule has 0 fully saturated rings. The Bertz CT molecular complexity index is 999. The predicted octanol–water partition coefficient (Wildman–Crippen LogP) is 3.96. The topological polar surface area (TPSA) is 94.6 Å². The SMILES string of the molecule is C=CC(=O)Nc1c[c-]ccc1.COc1ccc(Nc2n[c-]c(C)cn2)c(OC)c1OC.[W+2]. The normalized spacial score (nSPS) is 9.25. The van der Waals surface area contributed by atoms with Crippen LogP contribution in [0.25, 0.3) is 0 Å². The summed E-state index contributed by atoms with van der Waals surface area (Å²) in [6.45, 7) is 5.21. The van der Waals surface area contributed by atoms with Crippen LogP contribution in [0.3, 0.4) is 0 Å². The van der Waals surface area contributed by atoms with Crippen molar-refractivity contribution in [2.24, 2.45) is 0 Å². The zero-order valence-electron chi connectivity index (χ0n) is 18.3. The Balaban J connectivity index is 0.000000364. The second-order valence-electron chi connectivity index (χ2n) is 5.98. The number of anilines is 3. The van der Waals surface area contributed by atoms with Crippen LogP contribution < -0.4 is 24.8 Å². The van der Waals surface area contributed by atoms with Crippen LogP contribution in [0.4, 0.5) is 17.3 Å². The minimum absolute atomic E-state index is 0. The number of hydrogen-bond donors (Lipinski definition) is 2. The van der Waals surface area contributed by atoms with E-state index in [0.29, 0.717) is 28.9 Å². The third kappa shape index (κ3) is 7.70. The second kappa shape index (κ2) is 13.8. The molecule has 0 aliphatic carbocycles. The van der Waals surface area contributed by atoms with Crippen LogP contribution in [0.15, 0.2) is 55.3 Å². The van der Waals surface area contributed by atoms with Crippen LogP contribution in [0.1, 0.15) is 5.56 Å². The zero-order valence-corrected chi connectivity index (χ0v) is 21.2. The van der Waals surface area contributed by atoms with Gasteiger partial charge in [-0.25, -0.2) is 0 Å². The van der Waals surface area contributed by atoms with Gasteiger partial charge in [0, 0.05) is 0 Å².